The molecule has 0 atom stereocenters. The van der Waals surface area contributed by atoms with Crippen LogP contribution in [-0.2, 0) is 5.41 Å². The van der Waals surface area contributed by atoms with Crippen molar-refractivity contribution in [2.75, 3.05) is 4.90 Å². The molecule has 0 aliphatic heterocycles. The van der Waals surface area contributed by atoms with Gasteiger partial charge in [0.05, 0.1) is 11.4 Å². The van der Waals surface area contributed by atoms with E-state index in [9.17, 15) is 0 Å². The Bertz CT molecular complexity index is 2770. The molecule has 9 aromatic rings. The summed E-state index contributed by atoms with van der Waals surface area (Å²) in [5, 5.41) is 4.68. The normalized spacial score (nSPS) is 13.1. The molecule has 0 saturated carbocycles. The predicted octanol–water partition coefficient (Wildman–Crippen LogP) is 13.8. The Morgan fingerprint density at radius 1 is 0.451 bits per heavy atom. The third-order valence-corrected chi connectivity index (χ3v) is 10.8. The van der Waals surface area contributed by atoms with Crippen LogP contribution >= 0.6 is 0 Å². The number of hydrogen-bond acceptors (Lipinski definition) is 2. The molecule has 0 fully saturated rings. The van der Waals surface area contributed by atoms with Crippen LogP contribution in [0, 0.1) is 0 Å². The molecule has 242 valence electrons. The highest BCUT2D eigenvalue weighted by atomic mass is 16.3. The van der Waals surface area contributed by atoms with Crippen molar-refractivity contribution in [1.82, 2.24) is 0 Å². The Hall–Kier alpha value is -6.38. The van der Waals surface area contributed by atoms with Gasteiger partial charge in [-0.1, -0.05) is 147 Å². The molecule has 8 aromatic carbocycles. The smallest absolute Gasteiger partial charge is 0.137 e. The molecule has 0 radical (unpaired) electrons. The molecule has 1 aliphatic carbocycles. The molecular weight excluding hydrogens is 619 g/mol. The summed E-state index contributed by atoms with van der Waals surface area (Å²) in [6.07, 6.45) is 0. The Kier molecular flexibility index (Phi) is 6.56. The van der Waals surface area contributed by atoms with Crippen molar-refractivity contribution in [1.29, 1.82) is 0 Å². The molecule has 2 nitrogen and oxygen atoms in total. The topological polar surface area (TPSA) is 16.4 Å². The van der Waals surface area contributed by atoms with Gasteiger partial charge in [0.25, 0.3) is 0 Å². The lowest BCUT2D eigenvalue weighted by atomic mass is 9.81. The highest BCUT2D eigenvalue weighted by molar-refractivity contribution is 6.12. The molecule has 0 amide bonds. The van der Waals surface area contributed by atoms with E-state index in [0.29, 0.717) is 0 Å². The van der Waals surface area contributed by atoms with Crippen LogP contribution in [0.1, 0.15) is 25.0 Å². The van der Waals surface area contributed by atoms with E-state index in [4.69, 9.17) is 4.42 Å². The minimum absolute atomic E-state index is 0.168. The van der Waals surface area contributed by atoms with Gasteiger partial charge in [-0.2, -0.15) is 0 Å². The van der Waals surface area contributed by atoms with Gasteiger partial charge in [-0.3, -0.25) is 0 Å². The lowest BCUT2D eigenvalue weighted by Gasteiger charge is -2.32. The molecule has 0 N–H and O–H groups in total. The highest BCUT2D eigenvalue weighted by Gasteiger charge is 2.39. The third kappa shape index (κ3) is 4.57. The zero-order chi connectivity index (χ0) is 34.1. The summed E-state index contributed by atoms with van der Waals surface area (Å²) in [7, 11) is 0. The standard InChI is InChI=1S/C49H35NO/c1-49(2)42-23-13-11-22-40(42)47-43(49)30-35-19-9-10-20-37(35)48(47)50(36-26-27-39-38-21-12-14-24-45(38)51-46(39)31-36)44-28-25-34(32-15-5-3-6-16-32)29-41(44)33-17-7-4-8-18-33/h3-31H,1-2H3. The van der Waals surface area contributed by atoms with Gasteiger partial charge >= 0.3 is 0 Å². The highest BCUT2D eigenvalue weighted by Crippen LogP contribution is 2.57. The largest absolute Gasteiger partial charge is 0.456 e. The maximum absolute atomic E-state index is 6.55. The van der Waals surface area contributed by atoms with E-state index in [1.54, 1.807) is 0 Å². The number of rotatable bonds is 5. The van der Waals surface area contributed by atoms with Crippen LogP contribution in [0.25, 0.3) is 66.1 Å². The molecule has 1 heterocycles. The van der Waals surface area contributed by atoms with E-state index in [0.717, 1.165) is 44.4 Å². The summed E-state index contributed by atoms with van der Waals surface area (Å²) in [4.78, 5) is 2.50. The minimum Gasteiger partial charge on any atom is -0.456 e. The fourth-order valence-electron chi connectivity index (χ4n) is 8.35. The maximum Gasteiger partial charge on any atom is 0.137 e. The lowest BCUT2D eigenvalue weighted by Crippen LogP contribution is -2.17. The van der Waals surface area contributed by atoms with E-state index < -0.39 is 0 Å². The summed E-state index contributed by atoms with van der Waals surface area (Å²) >= 11 is 0. The number of nitrogens with zero attached hydrogens (tertiary/aromatic N) is 1. The molecule has 1 aromatic heterocycles. The van der Waals surface area contributed by atoms with Crippen LogP contribution in [0.3, 0.4) is 0 Å². The number of benzene rings is 8. The number of anilines is 3. The number of furan rings is 1. The van der Waals surface area contributed by atoms with E-state index in [2.05, 4.69) is 189 Å². The van der Waals surface area contributed by atoms with Crippen molar-refractivity contribution in [3.05, 3.63) is 187 Å². The first-order chi connectivity index (χ1) is 25.1. The van der Waals surface area contributed by atoms with Crippen molar-refractivity contribution < 1.29 is 4.42 Å². The Balaban J connectivity index is 1.34. The van der Waals surface area contributed by atoms with Crippen LogP contribution in [0.4, 0.5) is 17.1 Å². The summed E-state index contributed by atoms with van der Waals surface area (Å²) in [6, 6.07) is 63.7. The second kappa shape index (κ2) is 11.3. The SMILES string of the molecule is CC1(C)c2ccccc2-c2c1cc1ccccc1c2N(c1ccc2c(c1)oc1ccccc12)c1ccc(-c2ccccc2)cc1-c1ccccc1. The second-order valence-corrected chi connectivity index (χ2v) is 14.1. The Morgan fingerprint density at radius 2 is 1.12 bits per heavy atom. The Morgan fingerprint density at radius 3 is 1.94 bits per heavy atom. The quantitative estimate of drug-likeness (QED) is 0.184. The van der Waals surface area contributed by atoms with Crippen LogP contribution in [-0.4, -0.2) is 0 Å². The molecule has 51 heavy (non-hydrogen) atoms. The molecule has 0 unspecified atom stereocenters. The van der Waals surface area contributed by atoms with Gasteiger partial charge in [-0.15, -0.1) is 0 Å². The number of hydrogen-bond donors (Lipinski definition) is 0. The van der Waals surface area contributed by atoms with Gasteiger partial charge in [0.1, 0.15) is 11.2 Å². The zero-order valence-electron chi connectivity index (χ0n) is 28.6. The van der Waals surface area contributed by atoms with Crippen molar-refractivity contribution in [2.24, 2.45) is 0 Å². The predicted molar refractivity (Wildman–Crippen MR) is 214 cm³/mol. The van der Waals surface area contributed by atoms with E-state index in [1.807, 2.05) is 6.07 Å². The second-order valence-electron chi connectivity index (χ2n) is 14.1. The minimum atomic E-state index is -0.168. The van der Waals surface area contributed by atoms with Gasteiger partial charge in [0.2, 0.25) is 0 Å². The molecule has 1 aliphatic rings. The molecular formula is C49H35NO. The van der Waals surface area contributed by atoms with Crippen LogP contribution in [0.15, 0.2) is 180 Å². The lowest BCUT2D eigenvalue weighted by molar-refractivity contribution is 0.661. The van der Waals surface area contributed by atoms with Gasteiger partial charge in [-0.05, 0) is 75.2 Å². The van der Waals surface area contributed by atoms with Crippen molar-refractivity contribution in [2.45, 2.75) is 19.3 Å². The third-order valence-electron chi connectivity index (χ3n) is 10.8. The molecule has 0 bridgehead atoms. The summed E-state index contributed by atoms with van der Waals surface area (Å²) in [6.45, 7) is 4.73. The van der Waals surface area contributed by atoms with Crippen LogP contribution in [0.5, 0.6) is 0 Å². The fraction of sp³-hybridized carbons (Fsp3) is 0.0612. The van der Waals surface area contributed by atoms with Crippen LogP contribution in [0.2, 0.25) is 0 Å². The maximum atomic E-state index is 6.55. The van der Waals surface area contributed by atoms with Gasteiger partial charge < -0.3 is 9.32 Å². The number of para-hydroxylation sites is 1. The van der Waals surface area contributed by atoms with Gasteiger partial charge in [-0.25, -0.2) is 0 Å². The Labute approximate surface area is 297 Å². The van der Waals surface area contributed by atoms with Gasteiger partial charge in [0.15, 0.2) is 0 Å². The van der Waals surface area contributed by atoms with Crippen LogP contribution < -0.4 is 4.90 Å². The molecule has 0 saturated heterocycles. The first-order valence-corrected chi connectivity index (χ1v) is 17.7. The van der Waals surface area contributed by atoms with E-state index in [-0.39, 0.29) is 5.41 Å². The molecule has 0 spiro atoms. The first kappa shape index (κ1) is 29.5. The molecule has 10 rings (SSSR count). The zero-order valence-corrected chi connectivity index (χ0v) is 28.6. The van der Waals surface area contributed by atoms with E-state index >= 15 is 0 Å². The summed E-state index contributed by atoms with van der Waals surface area (Å²) in [5.74, 6) is 0. The fourth-order valence-corrected chi connectivity index (χ4v) is 8.35. The average Bonchev–Trinajstić information content (AvgIpc) is 3.67. The average molecular weight is 654 g/mol. The van der Waals surface area contributed by atoms with E-state index in [1.165, 1.54) is 49.8 Å². The van der Waals surface area contributed by atoms with Crippen molar-refractivity contribution >= 4 is 49.8 Å². The van der Waals surface area contributed by atoms with Crippen molar-refractivity contribution in [3.8, 4) is 33.4 Å². The molecule has 2 heteroatoms. The number of fused-ring (bicyclic) bond motifs is 7. The monoisotopic (exact) mass is 653 g/mol. The summed E-state index contributed by atoms with van der Waals surface area (Å²) in [5.41, 5.74) is 14.9. The van der Waals surface area contributed by atoms with Crippen molar-refractivity contribution in [3.63, 3.8) is 0 Å². The first-order valence-electron chi connectivity index (χ1n) is 17.7. The summed E-state index contributed by atoms with van der Waals surface area (Å²) < 4.78 is 6.55. The van der Waals surface area contributed by atoms with Gasteiger partial charge in [0, 0.05) is 44.5 Å².